The lowest BCUT2D eigenvalue weighted by Crippen LogP contribution is -2.03. The average Bonchev–Trinajstić information content (AvgIpc) is 2.88. The Morgan fingerprint density at radius 1 is 1.24 bits per heavy atom. The van der Waals surface area contributed by atoms with Crippen LogP contribution < -0.4 is 15.2 Å². The van der Waals surface area contributed by atoms with E-state index < -0.39 is 0 Å². The average molecular weight is 349 g/mol. The molecule has 0 amide bonds. The number of hydrogen-bond donors (Lipinski definition) is 1. The van der Waals surface area contributed by atoms with Gasteiger partial charge in [-0.1, -0.05) is 12.1 Å². The van der Waals surface area contributed by atoms with Crippen molar-refractivity contribution in [1.82, 2.24) is 14.6 Å². The molecule has 0 bridgehead atoms. The van der Waals surface area contributed by atoms with E-state index in [4.69, 9.17) is 15.2 Å². The number of para-hydroxylation sites is 2. The Hall–Kier alpha value is -2.28. The molecule has 0 saturated heterocycles. The normalized spacial score (nSPS) is 10.8. The van der Waals surface area contributed by atoms with Gasteiger partial charge >= 0.3 is 0 Å². The minimum atomic E-state index is 0.261. The molecule has 2 N–H and O–H groups in total. The third kappa shape index (κ3) is 2.64. The maximum Gasteiger partial charge on any atom is 0.184 e. The standard InChI is InChI=1S/C14H13BrN4O2/c1-20-11-4-2-3-5-12(11)21-8-13-17-18-14-10(16)6-9(15)7-19(13)14/h2-7H,8,16H2,1H3. The van der Waals surface area contributed by atoms with Gasteiger partial charge in [0.1, 0.15) is 6.61 Å². The summed E-state index contributed by atoms with van der Waals surface area (Å²) in [4.78, 5) is 0. The second-order valence-corrected chi connectivity index (χ2v) is 5.28. The Morgan fingerprint density at radius 3 is 2.76 bits per heavy atom. The quantitative estimate of drug-likeness (QED) is 0.784. The molecule has 0 radical (unpaired) electrons. The lowest BCUT2D eigenvalue weighted by molar-refractivity contribution is 0.275. The van der Waals surface area contributed by atoms with Crippen LogP contribution in [0.3, 0.4) is 0 Å². The van der Waals surface area contributed by atoms with Crippen molar-refractivity contribution in [2.75, 3.05) is 12.8 Å². The van der Waals surface area contributed by atoms with E-state index in [0.29, 0.717) is 28.7 Å². The minimum Gasteiger partial charge on any atom is -0.493 e. The van der Waals surface area contributed by atoms with Crippen LogP contribution in [0.25, 0.3) is 5.65 Å². The molecule has 0 spiro atoms. The molecule has 2 heterocycles. The fourth-order valence-electron chi connectivity index (χ4n) is 2.01. The largest absolute Gasteiger partial charge is 0.493 e. The number of nitrogens with two attached hydrogens (primary N) is 1. The molecule has 0 atom stereocenters. The second-order valence-electron chi connectivity index (χ2n) is 4.36. The lowest BCUT2D eigenvalue weighted by Gasteiger charge is -2.09. The summed E-state index contributed by atoms with van der Waals surface area (Å²) in [6, 6.07) is 9.23. The minimum absolute atomic E-state index is 0.261. The third-order valence-electron chi connectivity index (χ3n) is 3.00. The number of aromatic nitrogens is 3. The Balaban J connectivity index is 1.89. The molecule has 108 valence electrons. The Kier molecular flexibility index (Phi) is 3.66. The SMILES string of the molecule is COc1ccccc1OCc1nnc2c(N)cc(Br)cn12. The maximum atomic E-state index is 5.91. The van der Waals surface area contributed by atoms with Gasteiger partial charge in [-0.15, -0.1) is 10.2 Å². The van der Waals surface area contributed by atoms with Crippen LogP contribution in [-0.4, -0.2) is 21.7 Å². The van der Waals surface area contributed by atoms with Gasteiger partial charge in [0.2, 0.25) is 0 Å². The number of anilines is 1. The van der Waals surface area contributed by atoms with E-state index in [1.807, 2.05) is 30.5 Å². The zero-order chi connectivity index (χ0) is 14.8. The summed E-state index contributed by atoms with van der Waals surface area (Å²) >= 11 is 3.40. The molecule has 2 aromatic heterocycles. The van der Waals surface area contributed by atoms with Crippen LogP contribution in [0.1, 0.15) is 5.82 Å². The summed E-state index contributed by atoms with van der Waals surface area (Å²) in [5.74, 6) is 1.98. The van der Waals surface area contributed by atoms with Crippen LogP contribution in [0, 0.1) is 0 Å². The van der Waals surface area contributed by atoms with E-state index >= 15 is 0 Å². The molecular weight excluding hydrogens is 336 g/mol. The number of nitrogen functional groups attached to an aromatic ring is 1. The molecule has 6 nitrogen and oxygen atoms in total. The van der Waals surface area contributed by atoms with Crippen molar-refractivity contribution < 1.29 is 9.47 Å². The first-order chi connectivity index (χ1) is 10.2. The molecule has 3 aromatic rings. The number of ether oxygens (including phenoxy) is 2. The van der Waals surface area contributed by atoms with Gasteiger partial charge in [-0.3, -0.25) is 4.40 Å². The highest BCUT2D eigenvalue weighted by atomic mass is 79.9. The van der Waals surface area contributed by atoms with Crippen molar-refractivity contribution in [2.45, 2.75) is 6.61 Å². The predicted octanol–water partition coefficient (Wildman–Crippen LogP) is 2.66. The highest BCUT2D eigenvalue weighted by Gasteiger charge is 2.11. The Labute approximate surface area is 129 Å². The molecule has 0 unspecified atom stereocenters. The number of halogens is 1. The monoisotopic (exact) mass is 348 g/mol. The molecule has 7 heteroatoms. The van der Waals surface area contributed by atoms with Crippen molar-refractivity contribution in [2.24, 2.45) is 0 Å². The lowest BCUT2D eigenvalue weighted by atomic mass is 10.3. The second kappa shape index (κ2) is 5.61. The van der Waals surface area contributed by atoms with Crippen molar-refractivity contribution in [3.63, 3.8) is 0 Å². The van der Waals surface area contributed by atoms with E-state index in [-0.39, 0.29) is 6.61 Å². The van der Waals surface area contributed by atoms with E-state index in [9.17, 15) is 0 Å². The molecule has 0 aliphatic carbocycles. The van der Waals surface area contributed by atoms with Gasteiger partial charge < -0.3 is 15.2 Å². The van der Waals surface area contributed by atoms with Crippen LogP contribution in [-0.2, 0) is 6.61 Å². The van der Waals surface area contributed by atoms with Crippen LogP contribution in [0.15, 0.2) is 41.0 Å². The fraction of sp³-hybridized carbons (Fsp3) is 0.143. The molecule has 3 rings (SSSR count). The van der Waals surface area contributed by atoms with Crippen molar-refractivity contribution in [3.8, 4) is 11.5 Å². The number of benzene rings is 1. The molecule has 0 aliphatic heterocycles. The summed E-state index contributed by atoms with van der Waals surface area (Å²) in [7, 11) is 1.60. The smallest absolute Gasteiger partial charge is 0.184 e. The van der Waals surface area contributed by atoms with Gasteiger partial charge in [0.05, 0.1) is 12.8 Å². The first-order valence-corrected chi connectivity index (χ1v) is 7.03. The van der Waals surface area contributed by atoms with E-state index in [1.54, 1.807) is 17.6 Å². The molecular formula is C14H13BrN4O2. The summed E-state index contributed by atoms with van der Waals surface area (Å²) < 4.78 is 13.7. The number of pyridine rings is 1. The molecule has 1 aromatic carbocycles. The van der Waals surface area contributed by atoms with Gasteiger partial charge in [0, 0.05) is 10.7 Å². The Morgan fingerprint density at radius 2 is 2.00 bits per heavy atom. The van der Waals surface area contributed by atoms with Gasteiger partial charge in [-0.2, -0.15) is 0 Å². The van der Waals surface area contributed by atoms with Crippen LogP contribution in [0.4, 0.5) is 5.69 Å². The Bertz CT molecular complexity index is 788. The van der Waals surface area contributed by atoms with E-state index in [0.717, 1.165) is 4.47 Å². The van der Waals surface area contributed by atoms with Crippen LogP contribution >= 0.6 is 15.9 Å². The first-order valence-electron chi connectivity index (χ1n) is 6.23. The number of methoxy groups -OCH3 is 1. The summed E-state index contributed by atoms with van der Waals surface area (Å²) in [5.41, 5.74) is 7.07. The highest BCUT2D eigenvalue weighted by Crippen LogP contribution is 2.27. The highest BCUT2D eigenvalue weighted by molar-refractivity contribution is 9.10. The van der Waals surface area contributed by atoms with E-state index in [2.05, 4.69) is 26.1 Å². The van der Waals surface area contributed by atoms with Gasteiger partial charge in [0.15, 0.2) is 23.0 Å². The third-order valence-corrected chi connectivity index (χ3v) is 3.43. The van der Waals surface area contributed by atoms with Crippen molar-refractivity contribution in [3.05, 3.63) is 46.8 Å². The molecule has 0 aliphatic rings. The molecule has 0 saturated carbocycles. The maximum absolute atomic E-state index is 5.91. The fourth-order valence-corrected chi connectivity index (χ4v) is 2.46. The summed E-state index contributed by atoms with van der Waals surface area (Å²) in [6.45, 7) is 0.261. The zero-order valence-corrected chi connectivity index (χ0v) is 12.9. The van der Waals surface area contributed by atoms with Gasteiger partial charge in [0.25, 0.3) is 0 Å². The summed E-state index contributed by atoms with van der Waals surface area (Å²) in [6.07, 6.45) is 1.85. The topological polar surface area (TPSA) is 74.7 Å². The van der Waals surface area contributed by atoms with Gasteiger partial charge in [-0.05, 0) is 34.1 Å². The summed E-state index contributed by atoms with van der Waals surface area (Å²) in [5, 5.41) is 8.18. The van der Waals surface area contributed by atoms with E-state index in [1.165, 1.54) is 0 Å². The number of nitrogens with zero attached hydrogens (tertiary/aromatic N) is 3. The number of hydrogen-bond acceptors (Lipinski definition) is 5. The van der Waals surface area contributed by atoms with Crippen LogP contribution in [0.5, 0.6) is 11.5 Å². The predicted molar refractivity (Wildman–Crippen MR) is 82.4 cm³/mol. The molecule has 0 fully saturated rings. The number of rotatable bonds is 4. The number of fused-ring (bicyclic) bond motifs is 1. The zero-order valence-electron chi connectivity index (χ0n) is 11.3. The van der Waals surface area contributed by atoms with Crippen molar-refractivity contribution >= 4 is 27.3 Å². The van der Waals surface area contributed by atoms with Crippen molar-refractivity contribution in [1.29, 1.82) is 0 Å². The van der Waals surface area contributed by atoms with Crippen LogP contribution in [0.2, 0.25) is 0 Å². The first kappa shape index (κ1) is 13.7. The molecule has 21 heavy (non-hydrogen) atoms. The van der Waals surface area contributed by atoms with Gasteiger partial charge in [-0.25, -0.2) is 0 Å².